The lowest BCUT2D eigenvalue weighted by atomic mass is 9.97. The second-order valence-corrected chi connectivity index (χ2v) is 7.01. The maximum atomic E-state index is 11.7. The third-order valence-electron chi connectivity index (χ3n) is 5.54. The van der Waals surface area contributed by atoms with Crippen molar-refractivity contribution in [2.45, 2.75) is 63.1 Å². The summed E-state index contributed by atoms with van der Waals surface area (Å²) in [5.74, 6) is -0.657. The van der Waals surface area contributed by atoms with Crippen LogP contribution in [0.2, 0.25) is 0 Å². The number of hydrogen-bond acceptors (Lipinski definition) is 4. The molecule has 3 aliphatic rings. The standard InChI is InChI=1S/C16H29N3O2/c1-2-7-17-16(15(20)21)6-5-14(12-16)19-10-8-18(9-11-19)13-3-4-13/h13-14,17H,2-12H2,1H3,(H,20,21). The molecule has 2 saturated carbocycles. The molecule has 3 rings (SSSR count). The Balaban J connectivity index is 1.54. The fourth-order valence-electron chi connectivity index (χ4n) is 4.03. The predicted octanol–water partition coefficient (Wildman–Crippen LogP) is 1.14. The minimum atomic E-state index is -0.672. The van der Waals surface area contributed by atoms with E-state index in [1.54, 1.807) is 0 Å². The molecule has 2 atom stereocenters. The van der Waals surface area contributed by atoms with E-state index in [0.29, 0.717) is 6.04 Å². The first-order valence-electron chi connectivity index (χ1n) is 8.61. The molecule has 0 aromatic heterocycles. The molecule has 0 spiro atoms. The van der Waals surface area contributed by atoms with Crippen molar-refractivity contribution in [2.24, 2.45) is 0 Å². The number of aliphatic carboxylic acids is 1. The van der Waals surface area contributed by atoms with Gasteiger partial charge in [0.1, 0.15) is 5.54 Å². The largest absolute Gasteiger partial charge is 0.480 e. The number of carbonyl (C=O) groups is 1. The van der Waals surface area contributed by atoms with Crippen LogP contribution in [0.15, 0.2) is 0 Å². The number of piperazine rings is 1. The fraction of sp³-hybridized carbons (Fsp3) is 0.938. The molecule has 5 heteroatoms. The van der Waals surface area contributed by atoms with Gasteiger partial charge in [-0.05, 0) is 45.1 Å². The van der Waals surface area contributed by atoms with Gasteiger partial charge in [0.2, 0.25) is 0 Å². The molecule has 120 valence electrons. The van der Waals surface area contributed by atoms with Gasteiger partial charge in [0.05, 0.1) is 0 Å². The molecule has 0 amide bonds. The Morgan fingerprint density at radius 3 is 2.29 bits per heavy atom. The number of carboxylic acids is 1. The summed E-state index contributed by atoms with van der Waals surface area (Å²) < 4.78 is 0. The van der Waals surface area contributed by atoms with E-state index in [1.165, 1.54) is 25.9 Å². The van der Waals surface area contributed by atoms with Crippen LogP contribution >= 0.6 is 0 Å². The third-order valence-corrected chi connectivity index (χ3v) is 5.54. The number of carboxylic acid groups (broad SMARTS) is 1. The van der Waals surface area contributed by atoms with Crippen molar-refractivity contribution in [3.8, 4) is 0 Å². The average molecular weight is 295 g/mol. The molecule has 0 aromatic carbocycles. The lowest BCUT2D eigenvalue weighted by Crippen LogP contribution is -2.54. The highest BCUT2D eigenvalue weighted by Crippen LogP contribution is 2.35. The zero-order chi connectivity index (χ0) is 14.9. The Kier molecular flexibility index (Phi) is 4.52. The van der Waals surface area contributed by atoms with Crippen molar-refractivity contribution >= 4 is 5.97 Å². The summed E-state index contributed by atoms with van der Waals surface area (Å²) >= 11 is 0. The van der Waals surface area contributed by atoms with Crippen molar-refractivity contribution in [3.05, 3.63) is 0 Å². The average Bonchev–Trinajstić information content (AvgIpc) is 3.25. The highest BCUT2D eigenvalue weighted by Gasteiger charge is 2.47. The maximum absolute atomic E-state index is 11.7. The third kappa shape index (κ3) is 3.25. The zero-order valence-electron chi connectivity index (χ0n) is 13.2. The van der Waals surface area contributed by atoms with Crippen molar-refractivity contribution in [2.75, 3.05) is 32.7 Å². The van der Waals surface area contributed by atoms with E-state index in [0.717, 1.165) is 51.4 Å². The summed E-state index contributed by atoms with van der Waals surface area (Å²) in [6.07, 6.45) is 6.31. The normalized spacial score (nSPS) is 35.2. The molecule has 2 N–H and O–H groups in total. The lowest BCUT2D eigenvalue weighted by molar-refractivity contribution is -0.144. The molecule has 0 radical (unpaired) electrons. The van der Waals surface area contributed by atoms with Crippen LogP contribution in [0, 0.1) is 0 Å². The first kappa shape index (κ1) is 15.3. The molecule has 1 heterocycles. The molecule has 0 bridgehead atoms. The van der Waals surface area contributed by atoms with Gasteiger partial charge >= 0.3 is 5.97 Å². The second kappa shape index (κ2) is 6.23. The van der Waals surface area contributed by atoms with Crippen LogP contribution in [0.1, 0.15) is 45.4 Å². The van der Waals surface area contributed by atoms with E-state index < -0.39 is 11.5 Å². The summed E-state index contributed by atoms with van der Waals surface area (Å²) in [6.45, 7) is 7.46. The fourth-order valence-corrected chi connectivity index (χ4v) is 4.03. The maximum Gasteiger partial charge on any atom is 0.323 e. The SMILES string of the molecule is CCCNC1(C(=O)O)CCC(N2CCN(C3CC3)CC2)C1. The van der Waals surface area contributed by atoms with Gasteiger partial charge in [0, 0.05) is 38.3 Å². The minimum Gasteiger partial charge on any atom is -0.480 e. The molecule has 1 aliphatic heterocycles. The Hall–Kier alpha value is -0.650. The Labute approximate surface area is 127 Å². The summed E-state index contributed by atoms with van der Waals surface area (Å²) in [5, 5.41) is 13.0. The summed E-state index contributed by atoms with van der Waals surface area (Å²) in [4.78, 5) is 16.9. The van der Waals surface area contributed by atoms with Crippen LogP contribution in [0.4, 0.5) is 0 Å². The van der Waals surface area contributed by atoms with Crippen LogP contribution in [0.3, 0.4) is 0 Å². The lowest BCUT2D eigenvalue weighted by Gasteiger charge is -2.38. The van der Waals surface area contributed by atoms with E-state index in [9.17, 15) is 9.90 Å². The van der Waals surface area contributed by atoms with E-state index >= 15 is 0 Å². The van der Waals surface area contributed by atoms with Crippen molar-refractivity contribution < 1.29 is 9.90 Å². The molecule has 21 heavy (non-hydrogen) atoms. The summed E-state index contributed by atoms with van der Waals surface area (Å²) in [5.41, 5.74) is -0.672. The number of nitrogens with zero attached hydrogens (tertiary/aromatic N) is 2. The Morgan fingerprint density at radius 1 is 1.14 bits per heavy atom. The van der Waals surface area contributed by atoms with Gasteiger partial charge in [-0.1, -0.05) is 6.92 Å². The van der Waals surface area contributed by atoms with E-state index in [4.69, 9.17) is 0 Å². The molecule has 1 saturated heterocycles. The van der Waals surface area contributed by atoms with Gasteiger partial charge in [-0.3, -0.25) is 14.6 Å². The molecule has 2 aliphatic carbocycles. The van der Waals surface area contributed by atoms with Crippen molar-refractivity contribution in [3.63, 3.8) is 0 Å². The molecular weight excluding hydrogens is 266 g/mol. The van der Waals surface area contributed by atoms with Gasteiger partial charge in [0.25, 0.3) is 0 Å². The second-order valence-electron chi connectivity index (χ2n) is 7.01. The van der Waals surface area contributed by atoms with E-state index in [-0.39, 0.29) is 0 Å². The monoisotopic (exact) mass is 295 g/mol. The van der Waals surface area contributed by atoms with Crippen LogP contribution in [-0.2, 0) is 4.79 Å². The number of rotatable bonds is 6. The van der Waals surface area contributed by atoms with Crippen molar-refractivity contribution in [1.29, 1.82) is 0 Å². The van der Waals surface area contributed by atoms with Gasteiger partial charge in [-0.25, -0.2) is 0 Å². The van der Waals surface area contributed by atoms with Crippen LogP contribution in [0.5, 0.6) is 0 Å². The van der Waals surface area contributed by atoms with Gasteiger partial charge in [0.15, 0.2) is 0 Å². The van der Waals surface area contributed by atoms with Crippen LogP contribution < -0.4 is 5.32 Å². The highest BCUT2D eigenvalue weighted by molar-refractivity contribution is 5.79. The molecule has 0 aromatic rings. The van der Waals surface area contributed by atoms with Crippen molar-refractivity contribution in [1.82, 2.24) is 15.1 Å². The summed E-state index contributed by atoms with van der Waals surface area (Å²) in [6, 6.07) is 1.31. The molecule has 5 nitrogen and oxygen atoms in total. The smallest absolute Gasteiger partial charge is 0.323 e. The van der Waals surface area contributed by atoms with Crippen LogP contribution in [0.25, 0.3) is 0 Å². The van der Waals surface area contributed by atoms with Gasteiger partial charge in [-0.2, -0.15) is 0 Å². The van der Waals surface area contributed by atoms with Crippen LogP contribution in [-0.4, -0.2) is 71.2 Å². The number of hydrogen-bond donors (Lipinski definition) is 2. The minimum absolute atomic E-state index is 0.451. The predicted molar refractivity (Wildman–Crippen MR) is 82.5 cm³/mol. The molecular formula is C16H29N3O2. The van der Waals surface area contributed by atoms with Gasteiger partial charge < -0.3 is 10.4 Å². The van der Waals surface area contributed by atoms with E-state index in [1.807, 2.05) is 0 Å². The Morgan fingerprint density at radius 2 is 1.76 bits per heavy atom. The summed E-state index contributed by atoms with van der Waals surface area (Å²) in [7, 11) is 0. The molecule has 3 fully saturated rings. The Bertz CT molecular complexity index is 378. The number of nitrogens with one attached hydrogen (secondary N) is 1. The van der Waals surface area contributed by atoms with Gasteiger partial charge in [-0.15, -0.1) is 0 Å². The quantitative estimate of drug-likeness (QED) is 0.770. The topological polar surface area (TPSA) is 55.8 Å². The zero-order valence-corrected chi connectivity index (χ0v) is 13.2. The molecule has 2 unspecified atom stereocenters. The first-order chi connectivity index (χ1) is 10.1. The first-order valence-corrected chi connectivity index (χ1v) is 8.61. The highest BCUT2D eigenvalue weighted by atomic mass is 16.4. The van der Waals surface area contributed by atoms with E-state index in [2.05, 4.69) is 22.0 Å².